The second-order valence-electron chi connectivity index (χ2n) is 18.9. The number of benzene rings is 6. The average molecular weight is 716 g/mol. The lowest BCUT2D eigenvalue weighted by atomic mass is 9.28. The van der Waals surface area contributed by atoms with Gasteiger partial charge in [0.05, 0.1) is 5.54 Å². The molecule has 4 heterocycles. The van der Waals surface area contributed by atoms with E-state index < -0.39 is 0 Å². The van der Waals surface area contributed by atoms with E-state index in [1.165, 1.54) is 103 Å². The predicted molar refractivity (Wildman–Crippen MR) is 234 cm³/mol. The number of fused-ring (bicyclic) bond motifs is 3. The van der Waals surface area contributed by atoms with Gasteiger partial charge in [0.25, 0.3) is 6.71 Å². The molecule has 0 saturated heterocycles. The van der Waals surface area contributed by atoms with Gasteiger partial charge in [0.15, 0.2) is 0 Å². The Balaban J connectivity index is 1.27. The molecule has 11 rings (SSSR count). The van der Waals surface area contributed by atoms with Gasteiger partial charge in [-0.25, -0.2) is 0 Å². The van der Waals surface area contributed by atoms with Crippen molar-refractivity contribution in [3.8, 4) is 0 Å². The molecule has 2 atom stereocenters. The van der Waals surface area contributed by atoms with Gasteiger partial charge in [-0.05, 0) is 118 Å². The third-order valence-electron chi connectivity index (χ3n) is 14.7. The first-order valence-electron chi connectivity index (χ1n) is 20.5. The number of hydrogen-bond donors (Lipinski definition) is 0. The molecule has 6 aromatic rings. The standard InChI is InChI=1S/C51H50BN3/c1-48(2,3)33-26-27-40-39(30-33)50(6)28-14-15-29-51(50,7)55(40)36-31-43-47-44(32-36)54(35-20-12-9-13-21-35)42-25-17-23-38-46(42)52(47)45-37(49(38,4)5)22-16-24-41(45)53(43)34-18-10-8-11-19-34/h8-13,16-27,30-32H,14-15,28-29H2,1-7H3. The fraction of sp³-hybridized carbons (Fsp3) is 0.294. The molecule has 1 aliphatic carbocycles. The minimum Gasteiger partial charge on any atom is -0.334 e. The monoisotopic (exact) mass is 715 g/mol. The molecule has 6 aromatic carbocycles. The van der Waals surface area contributed by atoms with Crippen molar-refractivity contribution in [1.29, 1.82) is 0 Å². The molecular formula is C51H50BN3. The summed E-state index contributed by atoms with van der Waals surface area (Å²) >= 11 is 0. The second-order valence-corrected chi connectivity index (χ2v) is 18.9. The lowest BCUT2D eigenvalue weighted by molar-refractivity contribution is 0.195. The van der Waals surface area contributed by atoms with Crippen LogP contribution in [0.4, 0.5) is 45.5 Å². The Morgan fingerprint density at radius 2 is 1.04 bits per heavy atom. The number of rotatable bonds is 3. The van der Waals surface area contributed by atoms with Crippen molar-refractivity contribution in [2.24, 2.45) is 0 Å². The third-order valence-corrected chi connectivity index (χ3v) is 14.7. The fourth-order valence-corrected chi connectivity index (χ4v) is 11.7. The Kier molecular flexibility index (Phi) is 6.61. The van der Waals surface area contributed by atoms with E-state index >= 15 is 0 Å². The van der Waals surface area contributed by atoms with Gasteiger partial charge in [-0.2, -0.15) is 0 Å². The van der Waals surface area contributed by atoms with Gasteiger partial charge in [-0.15, -0.1) is 0 Å². The Bertz CT molecular complexity index is 2450. The largest absolute Gasteiger partial charge is 0.334 e. The van der Waals surface area contributed by atoms with E-state index in [0.717, 1.165) is 6.42 Å². The minimum absolute atomic E-state index is 0.0329. The number of hydrogen-bond acceptors (Lipinski definition) is 3. The van der Waals surface area contributed by atoms with E-state index in [1.807, 2.05) is 0 Å². The zero-order valence-electron chi connectivity index (χ0n) is 33.4. The van der Waals surface area contributed by atoms with Crippen LogP contribution in [0, 0.1) is 0 Å². The van der Waals surface area contributed by atoms with Gasteiger partial charge >= 0.3 is 0 Å². The van der Waals surface area contributed by atoms with Gasteiger partial charge in [-0.1, -0.05) is 127 Å². The van der Waals surface area contributed by atoms with Crippen LogP contribution in [0.5, 0.6) is 0 Å². The summed E-state index contributed by atoms with van der Waals surface area (Å²) in [6.07, 6.45) is 4.89. The maximum Gasteiger partial charge on any atom is 0.252 e. The highest BCUT2D eigenvalue weighted by Crippen LogP contribution is 2.62. The molecule has 55 heavy (non-hydrogen) atoms. The summed E-state index contributed by atoms with van der Waals surface area (Å²) in [5.41, 5.74) is 20.3. The summed E-state index contributed by atoms with van der Waals surface area (Å²) in [5.74, 6) is 0. The van der Waals surface area contributed by atoms with E-state index in [2.05, 4.69) is 191 Å². The first-order valence-corrected chi connectivity index (χ1v) is 20.5. The van der Waals surface area contributed by atoms with Crippen LogP contribution in [0.15, 0.2) is 127 Å². The normalized spacial score (nSPS) is 22.3. The third kappa shape index (κ3) is 4.18. The number of nitrogens with zero attached hydrogens (tertiary/aromatic N) is 3. The van der Waals surface area contributed by atoms with Crippen LogP contribution < -0.4 is 31.1 Å². The molecular weight excluding hydrogens is 665 g/mol. The molecule has 2 unspecified atom stereocenters. The van der Waals surface area contributed by atoms with Crippen LogP contribution in [0.2, 0.25) is 0 Å². The summed E-state index contributed by atoms with van der Waals surface area (Å²) in [6.45, 7) is 17.2. The Morgan fingerprint density at radius 1 is 0.491 bits per heavy atom. The van der Waals surface area contributed by atoms with Gasteiger partial charge in [0.2, 0.25) is 0 Å². The zero-order chi connectivity index (χ0) is 37.6. The van der Waals surface area contributed by atoms with E-state index in [1.54, 1.807) is 0 Å². The van der Waals surface area contributed by atoms with Crippen LogP contribution >= 0.6 is 0 Å². The Hall–Kier alpha value is -5.22. The first kappa shape index (κ1) is 33.2. The minimum atomic E-state index is -0.155. The second kappa shape index (κ2) is 11.0. The molecule has 1 saturated carbocycles. The number of anilines is 8. The molecule has 272 valence electrons. The maximum atomic E-state index is 2.79. The summed E-state index contributed by atoms with van der Waals surface area (Å²) in [7, 11) is 0. The molecule has 0 amide bonds. The maximum absolute atomic E-state index is 2.79. The highest BCUT2D eigenvalue weighted by atomic mass is 15.3. The summed E-state index contributed by atoms with van der Waals surface area (Å²) in [4.78, 5) is 7.98. The van der Waals surface area contributed by atoms with Crippen LogP contribution in [0.3, 0.4) is 0 Å². The van der Waals surface area contributed by atoms with Crippen molar-refractivity contribution in [2.75, 3.05) is 14.7 Å². The molecule has 0 N–H and O–H groups in total. The molecule has 5 aliphatic rings. The predicted octanol–water partition coefficient (Wildman–Crippen LogP) is 11.4. The van der Waals surface area contributed by atoms with Crippen LogP contribution in [0.1, 0.15) is 96.4 Å². The lowest BCUT2D eigenvalue weighted by Crippen LogP contribution is -2.67. The molecule has 0 spiro atoms. The molecule has 0 bridgehead atoms. The molecule has 4 heteroatoms. The van der Waals surface area contributed by atoms with Gasteiger partial charge in [0.1, 0.15) is 0 Å². The highest BCUT2D eigenvalue weighted by molar-refractivity contribution is 7.01. The average Bonchev–Trinajstić information content (AvgIpc) is 3.39. The van der Waals surface area contributed by atoms with Crippen LogP contribution in [-0.2, 0) is 16.2 Å². The molecule has 0 radical (unpaired) electrons. The topological polar surface area (TPSA) is 9.72 Å². The SMILES string of the molecule is CC(C)(C)c1ccc2c(c1)C1(C)CCCCC1(C)N2c1cc2c3c(c1)N(c1ccccc1)c1cccc4c1B3c1c(cccc1C4(C)C)N2c1ccccc1. The summed E-state index contributed by atoms with van der Waals surface area (Å²) in [6, 6.07) is 49.0. The lowest BCUT2D eigenvalue weighted by Gasteiger charge is -2.52. The fourth-order valence-electron chi connectivity index (χ4n) is 11.7. The van der Waals surface area contributed by atoms with E-state index in [9.17, 15) is 0 Å². The van der Waals surface area contributed by atoms with Crippen molar-refractivity contribution in [3.05, 3.63) is 150 Å². The van der Waals surface area contributed by atoms with Crippen molar-refractivity contribution >= 4 is 68.6 Å². The van der Waals surface area contributed by atoms with Crippen LogP contribution in [0.25, 0.3) is 0 Å². The van der Waals surface area contributed by atoms with E-state index in [-0.39, 0.29) is 28.5 Å². The summed E-state index contributed by atoms with van der Waals surface area (Å²) in [5, 5.41) is 0. The van der Waals surface area contributed by atoms with E-state index in [0.29, 0.717) is 0 Å². The zero-order valence-corrected chi connectivity index (χ0v) is 33.4. The van der Waals surface area contributed by atoms with Crippen LogP contribution in [-0.4, -0.2) is 12.3 Å². The van der Waals surface area contributed by atoms with Crippen molar-refractivity contribution < 1.29 is 0 Å². The van der Waals surface area contributed by atoms with Gasteiger partial charge in [0, 0.05) is 56.3 Å². The van der Waals surface area contributed by atoms with Crippen molar-refractivity contribution in [2.45, 2.75) is 95.9 Å². The van der Waals surface area contributed by atoms with Gasteiger partial charge in [-0.3, -0.25) is 0 Å². The molecule has 0 aromatic heterocycles. The molecule has 4 aliphatic heterocycles. The Morgan fingerprint density at radius 3 is 1.58 bits per heavy atom. The van der Waals surface area contributed by atoms with Crippen molar-refractivity contribution in [3.63, 3.8) is 0 Å². The number of para-hydroxylation sites is 2. The van der Waals surface area contributed by atoms with Gasteiger partial charge < -0.3 is 14.7 Å². The molecule has 3 nitrogen and oxygen atoms in total. The molecule has 1 fully saturated rings. The van der Waals surface area contributed by atoms with E-state index in [4.69, 9.17) is 0 Å². The smallest absolute Gasteiger partial charge is 0.252 e. The van der Waals surface area contributed by atoms with Crippen molar-refractivity contribution in [1.82, 2.24) is 0 Å². The summed E-state index contributed by atoms with van der Waals surface area (Å²) < 4.78 is 0. The quantitative estimate of drug-likeness (QED) is 0.169. The highest BCUT2D eigenvalue weighted by Gasteiger charge is 2.59. The Labute approximate surface area is 327 Å². The first-order chi connectivity index (χ1) is 26.4.